The summed E-state index contributed by atoms with van der Waals surface area (Å²) in [6.07, 6.45) is 4.25. The highest BCUT2D eigenvalue weighted by atomic mass is 16.5. The van der Waals surface area contributed by atoms with Crippen molar-refractivity contribution in [1.29, 1.82) is 0 Å². The average Bonchev–Trinajstić information content (AvgIpc) is 2.54. The summed E-state index contributed by atoms with van der Waals surface area (Å²) in [7, 11) is 0. The van der Waals surface area contributed by atoms with Gasteiger partial charge in [0.25, 0.3) is 0 Å². The molecule has 0 heterocycles. The average molecular weight is 322 g/mol. The quantitative estimate of drug-likeness (QED) is 0.546. The number of carbonyl (C=O) groups excluding carboxylic acids is 1. The van der Waals surface area contributed by atoms with E-state index in [1.807, 2.05) is 0 Å². The minimum absolute atomic E-state index is 0. The largest absolute Gasteiger partial charge is 0.481 e. The van der Waals surface area contributed by atoms with E-state index in [9.17, 15) is 9.59 Å². The monoisotopic (exact) mass is 322 g/mol. The number of benzene rings is 1. The van der Waals surface area contributed by atoms with E-state index in [4.69, 9.17) is 15.6 Å². The Morgan fingerprint density at radius 3 is 2.26 bits per heavy atom. The summed E-state index contributed by atoms with van der Waals surface area (Å²) >= 11 is 0. The molecule has 1 aromatic rings. The third kappa shape index (κ3) is 6.00. The second kappa shape index (κ2) is 9.27. The molecule has 0 amide bonds. The Balaban J connectivity index is 0.00000264. The van der Waals surface area contributed by atoms with Crippen LogP contribution in [0.1, 0.15) is 37.7 Å². The SMILES string of the molecule is N.NCC1CCC(C(=O)Oc2ccc(CCC(=O)O)cc2)CC1. The van der Waals surface area contributed by atoms with Gasteiger partial charge < -0.3 is 21.7 Å². The summed E-state index contributed by atoms with van der Waals surface area (Å²) in [6, 6.07) is 7.05. The number of rotatable bonds is 6. The van der Waals surface area contributed by atoms with E-state index in [1.165, 1.54) is 0 Å². The van der Waals surface area contributed by atoms with E-state index < -0.39 is 5.97 Å². The van der Waals surface area contributed by atoms with Gasteiger partial charge in [-0.15, -0.1) is 0 Å². The van der Waals surface area contributed by atoms with E-state index in [-0.39, 0.29) is 24.5 Å². The number of aryl methyl sites for hydroxylation is 1. The van der Waals surface area contributed by atoms with Gasteiger partial charge in [0, 0.05) is 6.42 Å². The lowest BCUT2D eigenvalue weighted by Crippen LogP contribution is -2.28. The smallest absolute Gasteiger partial charge is 0.314 e. The molecule has 0 aliphatic heterocycles. The molecule has 0 bridgehead atoms. The Morgan fingerprint density at radius 2 is 1.74 bits per heavy atom. The van der Waals surface area contributed by atoms with Crippen LogP contribution >= 0.6 is 0 Å². The Kier molecular flexibility index (Phi) is 7.71. The Labute approximate surface area is 136 Å². The van der Waals surface area contributed by atoms with Crippen LogP contribution in [0.2, 0.25) is 0 Å². The molecule has 0 spiro atoms. The summed E-state index contributed by atoms with van der Waals surface area (Å²) in [5, 5.41) is 8.65. The van der Waals surface area contributed by atoms with Crippen LogP contribution in [-0.4, -0.2) is 23.6 Å². The molecule has 0 unspecified atom stereocenters. The van der Waals surface area contributed by atoms with Gasteiger partial charge in [-0.2, -0.15) is 0 Å². The maximum absolute atomic E-state index is 12.1. The lowest BCUT2D eigenvalue weighted by atomic mass is 9.82. The molecule has 1 saturated carbocycles. The highest BCUT2D eigenvalue weighted by Crippen LogP contribution is 2.29. The molecule has 1 aliphatic carbocycles. The molecular formula is C17H26N2O4. The van der Waals surface area contributed by atoms with Gasteiger partial charge in [0.2, 0.25) is 0 Å². The first kappa shape index (κ1) is 19.1. The Bertz CT molecular complexity index is 508. The van der Waals surface area contributed by atoms with Gasteiger partial charge in [-0.1, -0.05) is 12.1 Å². The minimum Gasteiger partial charge on any atom is -0.481 e. The standard InChI is InChI=1S/C17H23NO4.H3N/c18-11-13-1-6-14(7-2-13)17(21)22-15-8-3-12(4-9-15)5-10-16(19)20;/h3-4,8-9,13-14H,1-2,5-7,10-11,18H2,(H,19,20);1H3. The molecule has 6 N–H and O–H groups in total. The van der Waals surface area contributed by atoms with Crippen molar-refractivity contribution >= 4 is 11.9 Å². The number of carboxylic acids is 1. The van der Waals surface area contributed by atoms with Crippen molar-refractivity contribution in [2.45, 2.75) is 38.5 Å². The molecular weight excluding hydrogens is 296 g/mol. The molecule has 0 radical (unpaired) electrons. The van der Waals surface area contributed by atoms with Crippen molar-refractivity contribution < 1.29 is 19.4 Å². The van der Waals surface area contributed by atoms with Crippen LogP contribution in [0.25, 0.3) is 0 Å². The predicted molar refractivity (Wildman–Crippen MR) is 87.6 cm³/mol. The molecule has 128 valence electrons. The molecule has 23 heavy (non-hydrogen) atoms. The van der Waals surface area contributed by atoms with E-state index in [1.54, 1.807) is 24.3 Å². The summed E-state index contributed by atoms with van der Waals surface area (Å²) < 4.78 is 5.42. The first-order chi connectivity index (χ1) is 10.6. The molecule has 1 fully saturated rings. The third-order valence-corrected chi connectivity index (χ3v) is 4.28. The van der Waals surface area contributed by atoms with E-state index in [0.29, 0.717) is 24.6 Å². The molecule has 2 rings (SSSR count). The van der Waals surface area contributed by atoms with Crippen LogP contribution in [0.5, 0.6) is 5.75 Å². The van der Waals surface area contributed by atoms with Gasteiger partial charge in [0.1, 0.15) is 5.75 Å². The zero-order valence-electron chi connectivity index (χ0n) is 13.4. The maximum atomic E-state index is 12.1. The minimum atomic E-state index is -0.816. The molecule has 0 saturated heterocycles. The van der Waals surface area contributed by atoms with Crippen LogP contribution in [-0.2, 0) is 16.0 Å². The van der Waals surface area contributed by atoms with Crippen LogP contribution in [0.4, 0.5) is 0 Å². The molecule has 6 heteroatoms. The van der Waals surface area contributed by atoms with Crippen molar-refractivity contribution in [2.75, 3.05) is 6.54 Å². The Morgan fingerprint density at radius 1 is 1.13 bits per heavy atom. The van der Waals surface area contributed by atoms with Gasteiger partial charge in [0.15, 0.2) is 0 Å². The van der Waals surface area contributed by atoms with Crippen LogP contribution in [0.15, 0.2) is 24.3 Å². The second-order valence-corrected chi connectivity index (χ2v) is 5.91. The molecule has 0 aromatic heterocycles. The Hall–Kier alpha value is -1.92. The highest BCUT2D eigenvalue weighted by molar-refractivity contribution is 5.75. The maximum Gasteiger partial charge on any atom is 0.314 e. The van der Waals surface area contributed by atoms with E-state index in [0.717, 1.165) is 31.2 Å². The van der Waals surface area contributed by atoms with Crippen LogP contribution < -0.4 is 16.6 Å². The fourth-order valence-electron chi connectivity index (χ4n) is 2.81. The molecule has 1 aliphatic rings. The van der Waals surface area contributed by atoms with Crippen LogP contribution in [0.3, 0.4) is 0 Å². The van der Waals surface area contributed by atoms with E-state index in [2.05, 4.69) is 0 Å². The molecule has 1 aromatic carbocycles. The van der Waals surface area contributed by atoms with Crippen molar-refractivity contribution in [3.63, 3.8) is 0 Å². The fourth-order valence-corrected chi connectivity index (χ4v) is 2.81. The van der Waals surface area contributed by atoms with Crippen molar-refractivity contribution in [1.82, 2.24) is 6.15 Å². The van der Waals surface area contributed by atoms with Crippen molar-refractivity contribution in [2.24, 2.45) is 17.6 Å². The van der Waals surface area contributed by atoms with Gasteiger partial charge in [-0.05, 0) is 62.3 Å². The predicted octanol–water partition coefficient (Wildman–Crippen LogP) is 2.54. The summed E-state index contributed by atoms with van der Waals surface area (Å²) in [6.45, 7) is 0.694. The highest BCUT2D eigenvalue weighted by Gasteiger charge is 2.27. The van der Waals surface area contributed by atoms with Gasteiger partial charge in [0.05, 0.1) is 5.92 Å². The number of ether oxygens (including phenoxy) is 1. The van der Waals surface area contributed by atoms with Crippen LogP contribution in [0, 0.1) is 11.8 Å². The summed E-state index contributed by atoms with van der Waals surface area (Å²) in [4.78, 5) is 22.7. The second-order valence-electron chi connectivity index (χ2n) is 5.91. The first-order valence-electron chi connectivity index (χ1n) is 7.81. The molecule has 6 nitrogen and oxygen atoms in total. The first-order valence-corrected chi connectivity index (χ1v) is 7.81. The van der Waals surface area contributed by atoms with Gasteiger partial charge in [-0.25, -0.2) is 0 Å². The summed E-state index contributed by atoms with van der Waals surface area (Å²) in [5.74, 6) is 0.0365. The van der Waals surface area contributed by atoms with Gasteiger partial charge >= 0.3 is 11.9 Å². The topological polar surface area (TPSA) is 125 Å². The number of carboxylic acid groups (broad SMARTS) is 1. The molecule has 0 atom stereocenters. The number of aliphatic carboxylic acids is 1. The number of hydrogen-bond donors (Lipinski definition) is 3. The lowest BCUT2D eigenvalue weighted by molar-refractivity contribution is -0.140. The zero-order valence-corrected chi connectivity index (χ0v) is 13.4. The van der Waals surface area contributed by atoms with E-state index >= 15 is 0 Å². The lowest BCUT2D eigenvalue weighted by Gasteiger charge is -2.26. The van der Waals surface area contributed by atoms with Crippen molar-refractivity contribution in [3.8, 4) is 5.75 Å². The van der Waals surface area contributed by atoms with Gasteiger partial charge in [-0.3, -0.25) is 9.59 Å². The number of esters is 1. The normalized spacial score (nSPS) is 20.4. The third-order valence-electron chi connectivity index (χ3n) is 4.28. The number of carbonyl (C=O) groups is 2. The zero-order chi connectivity index (χ0) is 15.9. The number of hydrogen-bond acceptors (Lipinski definition) is 5. The number of nitrogens with two attached hydrogens (primary N) is 1. The fraction of sp³-hybridized carbons (Fsp3) is 0.529. The summed E-state index contributed by atoms with van der Waals surface area (Å²) in [5.41, 5.74) is 6.57. The van der Waals surface area contributed by atoms with Crippen molar-refractivity contribution in [3.05, 3.63) is 29.8 Å².